The molecule has 0 heterocycles. The fraction of sp³-hybridized carbons (Fsp3) is 0.333. The molecule has 1 nitrogen and oxygen atoms in total. The highest BCUT2D eigenvalue weighted by Gasteiger charge is 2.13. The lowest BCUT2D eigenvalue weighted by molar-refractivity contribution is 0.456. The molecule has 2 unspecified atom stereocenters. The Labute approximate surface area is 116 Å². The van der Waals surface area contributed by atoms with E-state index in [-0.39, 0.29) is 0 Å². The quantitative estimate of drug-likeness (QED) is 0.807. The summed E-state index contributed by atoms with van der Waals surface area (Å²) in [6, 6.07) is 20.2. The second-order valence-electron chi connectivity index (χ2n) is 5.17. The molecule has 0 spiro atoms. The topological polar surface area (TPSA) is 12.0 Å². The molecule has 2 rings (SSSR count). The molecule has 0 radical (unpaired) electrons. The molecule has 2 aromatic carbocycles. The van der Waals surface area contributed by atoms with Crippen LogP contribution in [0.15, 0.2) is 54.6 Å². The fourth-order valence-electron chi connectivity index (χ4n) is 2.39. The molecule has 0 saturated carbocycles. The van der Waals surface area contributed by atoms with Gasteiger partial charge in [-0.1, -0.05) is 67.1 Å². The van der Waals surface area contributed by atoms with E-state index in [9.17, 15) is 0 Å². The van der Waals surface area contributed by atoms with Gasteiger partial charge < -0.3 is 5.32 Å². The summed E-state index contributed by atoms with van der Waals surface area (Å²) < 4.78 is 0. The van der Waals surface area contributed by atoms with Crippen LogP contribution in [0.1, 0.15) is 49.0 Å². The highest BCUT2D eigenvalue weighted by molar-refractivity contribution is 5.25. The number of aryl methyl sites for hydroxylation is 1. The van der Waals surface area contributed by atoms with Crippen LogP contribution in [0.25, 0.3) is 0 Å². The van der Waals surface area contributed by atoms with Crippen molar-refractivity contribution in [1.29, 1.82) is 0 Å². The Kier molecular flexibility index (Phi) is 4.75. The summed E-state index contributed by atoms with van der Waals surface area (Å²) in [4.78, 5) is 0. The van der Waals surface area contributed by atoms with E-state index in [1.807, 2.05) is 0 Å². The first-order valence-corrected chi connectivity index (χ1v) is 7.08. The molecule has 0 fully saturated rings. The van der Waals surface area contributed by atoms with Gasteiger partial charge in [0.05, 0.1) is 0 Å². The van der Waals surface area contributed by atoms with Crippen molar-refractivity contribution >= 4 is 0 Å². The van der Waals surface area contributed by atoms with Gasteiger partial charge in [0.25, 0.3) is 0 Å². The van der Waals surface area contributed by atoms with Crippen LogP contribution in [0, 0.1) is 6.92 Å². The van der Waals surface area contributed by atoms with Crippen LogP contribution in [-0.4, -0.2) is 0 Å². The molecule has 2 aromatic rings. The van der Waals surface area contributed by atoms with Gasteiger partial charge in [-0.15, -0.1) is 0 Å². The molecule has 0 saturated heterocycles. The summed E-state index contributed by atoms with van der Waals surface area (Å²) in [6.07, 6.45) is 1.10. The van der Waals surface area contributed by atoms with E-state index in [1.165, 1.54) is 16.7 Å². The van der Waals surface area contributed by atoms with Crippen LogP contribution < -0.4 is 5.32 Å². The average Bonchev–Trinajstić information content (AvgIpc) is 2.46. The van der Waals surface area contributed by atoms with E-state index in [4.69, 9.17) is 0 Å². The predicted molar refractivity (Wildman–Crippen MR) is 82.2 cm³/mol. The van der Waals surface area contributed by atoms with Crippen molar-refractivity contribution in [3.63, 3.8) is 0 Å². The first-order chi connectivity index (χ1) is 9.20. The smallest absolute Gasteiger partial charge is 0.0323 e. The summed E-state index contributed by atoms with van der Waals surface area (Å²) in [7, 11) is 0. The number of hydrogen-bond donors (Lipinski definition) is 1. The molecule has 100 valence electrons. The Morgan fingerprint density at radius 3 is 2.11 bits per heavy atom. The molecule has 1 N–H and O–H groups in total. The number of nitrogens with one attached hydrogen (secondary N) is 1. The maximum Gasteiger partial charge on any atom is 0.0323 e. The average molecular weight is 253 g/mol. The van der Waals surface area contributed by atoms with E-state index in [0.717, 1.165) is 6.42 Å². The molecule has 1 heteroatoms. The van der Waals surface area contributed by atoms with Gasteiger partial charge in [0.2, 0.25) is 0 Å². The van der Waals surface area contributed by atoms with E-state index in [1.54, 1.807) is 0 Å². The van der Waals surface area contributed by atoms with Crippen LogP contribution in [0.5, 0.6) is 0 Å². The van der Waals surface area contributed by atoms with Gasteiger partial charge in [-0.05, 0) is 31.4 Å². The molecule has 2 atom stereocenters. The Morgan fingerprint density at radius 2 is 1.53 bits per heavy atom. The summed E-state index contributed by atoms with van der Waals surface area (Å²) >= 11 is 0. The van der Waals surface area contributed by atoms with E-state index in [0.29, 0.717) is 12.1 Å². The minimum atomic E-state index is 0.368. The lowest BCUT2D eigenvalue weighted by Gasteiger charge is -2.23. The van der Waals surface area contributed by atoms with Crippen LogP contribution in [-0.2, 0) is 0 Å². The SMILES string of the molecule is CCC(NC(C)c1ccccc1)c1ccc(C)cc1. The van der Waals surface area contributed by atoms with Gasteiger partial charge in [-0.3, -0.25) is 0 Å². The zero-order valence-electron chi connectivity index (χ0n) is 12.1. The van der Waals surface area contributed by atoms with Crippen molar-refractivity contribution in [1.82, 2.24) is 5.32 Å². The number of hydrogen-bond acceptors (Lipinski definition) is 1. The Bertz CT molecular complexity index is 487. The maximum absolute atomic E-state index is 3.72. The first kappa shape index (κ1) is 13.8. The van der Waals surface area contributed by atoms with Crippen LogP contribution in [0.4, 0.5) is 0 Å². The lowest BCUT2D eigenvalue weighted by Crippen LogP contribution is -2.24. The standard InChI is InChI=1S/C18H23N/c1-4-18(17-12-10-14(2)11-13-17)19-15(3)16-8-6-5-7-9-16/h5-13,15,18-19H,4H2,1-3H3. The van der Waals surface area contributed by atoms with E-state index < -0.39 is 0 Å². The van der Waals surface area contributed by atoms with Gasteiger partial charge in [-0.2, -0.15) is 0 Å². The molecule has 0 aliphatic rings. The van der Waals surface area contributed by atoms with Crippen LogP contribution >= 0.6 is 0 Å². The highest BCUT2D eigenvalue weighted by Crippen LogP contribution is 2.22. The lowest BCUT2D eigenvalue weighted by atomic mass is 10.0. The van der Waals surface area contributed by atoms with Gasteiger partial charge in [0.1, 0.15) is 0 Å². The van der Waals surface area contributed by atoms with Gasteiger partial charge in [0, 0.05) is 12.1 Å². The molecule has 0 aliphatic heterocycles. The molecule has 0 aromatic heterocycles. The highest BCUT2D eigenvalue weighted by atomic mass is 14.9. The summed E-state index contributed by atoms with van der Waals surface area (Å²) in [6.45, 7) is 6.59. The van der Waals surface area contributed by atoms with Gasteiger partial charge >= 0.3 is 0 Å². The molecule has 0 amide bonds. The zero-order chi connectivity index (χ0) is 13.7. The zero-order valence-corrected chi connectivity index (χ0v) is 12.1. The fourth-order valence-corrected chi connectivity index (χ4v) is 2.39. The molecular weight excluding hydrogens is 230 g/mol. The van der Waals surface area contributed by atoms with E-state index in [2.05, 4.69) is 80.7 Å². The van der Waals surface area contributed by atoms with Crippen molar-refractivity contribution in [3.05, 3.63) is 71.3 Å². The summed E-state index contributed by atoms with van der Waals surface area (Å²) in [5.74, 6) is 0. The normalized spacial score (nSPS) is 14.1. The summed E-state index contributed by atoms with van der Waals surface area (Å²) in [5.41, 5.74) is 4.03. The second-order valence-corrected chi connectivity index (χ2v) is 5.17. The minimum Gasteiger partial charge on any atom is -0.303 e. The minimum absolute atomic E-state index is 0.368. The molecule has 19 heavy (non-hydrogen) atoms. The predicted octanol–water partition coefficient (Wildman–Crippen LogP) is 4.80. The third-order valence-corrected chi connectivity index (χ3v) is 3.64. The largest absolute Gasteiger partial charge is 0.303 e. The Hall–Kier alpha value is -1.60. The second kappa shape index (κ2) is 6.53. The third-order valence-electron chi connectivity index (χ3n) is 3.64. The third kappa shape index (κ3) is 3.68. The molecule has 0 bridgehead atoms. The number of rotatable bonds is 5. The van der Waals surface area contributed by atoms with E-state index >= 15 is 0 Å². The Balaban J connectivity index is 2.09. The van der Waals surface area contributed by atoms with Gasteiger partial charge in [-0.25, -0.2) is 0 Å². The summed E-state index contributed by atoms with van der Waals surface area (Å²) in [5, 5.41) is 3.72. The van der Waals surface area contributed by atoms with Crippen LogP contribution in [0.2, 0.25) is 0 Å². The number of benzene rings is 2. The van der Waals surface area contributed by atoms with Crippen molar-refractivity contribution < 1.29 is 0 Å². The van der Waals surface area contributed by atoms with Gasteiger partial charge in [0.15, 0.2) is 0 Å². The van der Waals surface area contributed by atoms with Crippen LogP contribution in [0.3, 0.4) is 0 Å². The first-order valence-electron chi connectivity index (χ1n) is 7.08. The maximum atomic E-state index is 3.72. The molecule has 0 aliphatic carbocycles. The van der Waals surface area contributed by atoms with Crippen molar-refractivity contribution in [2.24, 2.45) is 0 Å². The van der Waals surface area contributed by atoms with Crippen molar-refractivity contribution in [2.45, 2.75) is 39.3 Å². The monoisotopic (exact) mass is 253 g/mol. The molecular formula is C18H23N. The van der Waals surface area contributed by atoms with Crippen molar-refractivity contribution in [3.8, 4) is 0 Å². The Morgan fingerprint density at radius 1 is 0.895 bits per heavy atom. The van der Waals surface area contributed by atoms with Crippen molar-refractivity contribution in [2.75, 3.05) is 0 Å².